The molecule has 1 aromatic heterocycles. The van der Waals surface area contributed by atoms with Gasteiger partial charge >= 0.3 is 0 Å². The van der Waals surface area contributed by atoms with Crippen molar-refractivity contribution in [1.82, 2.24) is 0 Å². The zero-order chi connectivity index (χ0) is 13.2. The maximum absolute atomic E-state index is 6.40. The second-order valence-corrected chi connectivity index (χ2v) is 5.35. The van der Waals surface area contributed by atoms with E-state index in [4.69, 9.17) is 27.6 Å². The van der Waals surface area contributed by atoms with E-state index >= 15 is 0 Å². The summed E-state index contributed by atoms with van der Waals surface area (Å²) >= 11 is 12.2. The van der Waals surface area contributed by atoms with Crippen molar-refractivity contribution in [1.29, 1.82) is 0 Å². The van der Waals surface area contributed by atoms with Crippen LogP contribution in [0.4, 0.5) is 0 Å². The van der Waals surface area contributed by atoms with Crippen molar-refractivity contribution >= 4 is 34.0 Å². The SMILES string of the molecule is Clc1ccc(C(Cl)Cc2cccc3ccccc23)o1. The van der Waals surface area contributed by atoms with Crippen molar-refractivity contribution in [3.8, 4) is 0 Å². The van der Waals surface area contributed by atoms with Crippen LogP contribution in [0, 0.1) is 0 Å². The van der Waals surface area contributed by atoms with Gasteiger partial charge in [-0.15, -0.1) is 11.6 Å². The molecule has 0 aliphatic rings. The van der Waals surface area contributed by atoms with Crippen LogP contribution in [0.15, 0.2) is 59.0 Å². The van der Waals surface area contributed by atoms with Crippen LogP contribution in [-0.4, -0.2) is 0 Å². The first-order valence-corrected chi connectivity index (χ1v) is 6.91. The maximum Gasteiger partial charge on any atom is 0.193 e. The lowest BCUT2D eigenvalue weighted by Gasteiger charge is -2.09. The molecule has 1 nitrogen and oxygen atoms in total. The monoisotopic (exact) mass is 290 g/mol. The Morgan fingerprint density at radius 3 is 2.53 bits per heavy atom. The van der Waals surface area contributed by atoms with Crippen molar-refractivity contribution in [2.45, 2.75) is 11.8 Å². The third-order valence-electron chi connectivity index (χ3n) is 3.18. The molecule has 19 heavy (non-hydrogen) atoms. The number of hydrogen-bond acceptors (Lipinski definition) is 1. The van der Waals surface area contributed by atoms with Gasteiger partial charge < -0.3 is 4.42 Å². The third kappa shape index (κ3) is 2.63. The lowest BCUT2D eigenvalue weighted by molar-refractivity contribution is 0.504. The standard InChI is InChI=1S/C16H12Cl2O/c17-14(15-8-9-16(18)19-15)10-12-6-3-5-11-4-1-2-7-13(11)12/h1-9,14H,10H2. The molecule has 0 spiro atoms. The number of halogens is 2. The van der Waals surface area contributed by atoms with Crippen LogP contribution in [0.1, 0.15) is 16.7 Å². The molecular formula is C16H12Cl2O. The molecule has 2 aromatic carbocycles. The Morgan fingerprint density at radius 2 is 1.74 bits per heavy atom. The lowest BCUT2D eigenvalue weighted by Crippen LogP contribution is -1.95. The van der Waals surface area contributed by atoms with Crippen LogP contribution in [0.25, 0.3) is 10.8 Å². The van der Waals surface area contributed by atoms with E-state index in [0.29, 0.717) is 17.4 Å². The van der Waals surface area contributed by atoms with Gasteiger partial charge in [0, 0.05) is 0 Å². The second kappa shape index (κ2) is 5.28. The topological polar surface area (TPSA) is 13.1 Å². The average molecular weight is 291 g/mol. The highest BCUT2D eigenvalue weighted by atomic mass is 35.5. The van der Waals surface area contributed by atoms with E-state index in [-0.39, 0.29) is 5.38 Å². The molecule has 3 aromatic rings. The van der Waals surface area contributed by atoms with Gasteiger partial charge in [-0.05, 0) is 46.5 Å². The van der Waals surface area contributed by atoms with E-state index in [1.165, 1.54) is 16.3 Å². The molecule has 0 aliphatic heterocycles. The normalized spacial score (nSPS) is 12.7. The summed E-state index contributed by atoms with van der Waals surface area (Å²) in [6.07, 6.45) is 0.715. The molecule has 1 heterocycles. The Hall–Kier alpha value is -1.44. The van der Waals surface area contributed by atoms with Gasteiger partial charge in [0.05, 0.1) is 5.38 Å². The van der Waals surface area contributed by atoms with Crippen molar-refractivity contribution < 1.29 is 4.42 Å². The van der Waals surface area contributed by atoms with Gasteiger partial charge in [-0.25, -0.2) is 0 Å². The average Bonchev–Trinajstić information content (AvgIpc) is 2.86. The highest BCUT2D eigenvalue weighted by Crippen LogP contribution is 2.30. The molecule has 0 aliphatic carbocycles. The quantitative estimate of drug-likeness (QED) is 0.572. The number of furan rings is 1. The summed E-state index contributed by atoms with van der Waals surface area (Å²) in [6.45, 7) is 0. The Labute approximate surface area is 121 Å². The summed E-state index contributed by atoms with van der Waals surface area (Å²) < 4.78 is 5.36. The zero-order valence-corrected chi connectivity index (χ0v) is 11.7. The molecule has 0 N–H and O–H groups in total. The molecule has 0 saturated carbocycles. The predicted molar refractivity (Wildman–Crippen MR) is 80.0 cm³/mol. The van der Waals surface area contributed by atoms with E-state index in [2.05, 4.69) is 30.3 Å². The van der Waals surface area contributed by atoms with Crippen LogP contribution in [0.5, 0.6) is 0 Å². The highest BCUT2D eigenvalue weighted by Gasteiger charge is 2.14. The largest absolute Gasteiger partial charge is 0.448 e. The minimum Gasteiger partial charge on any atom is -0.448 e. The van der Waals surface area contributed by atoms with Gasteiger partial charge in [0.1, 0.15) is 5.76 Å². The summed E-state index contributed by atoms with van der Waals surface area (Å²) in [4.78, 5) is 0. The number of benzene rings is 2. The molecule has 1 unspecified atom stereocenters. The van der Waals surface area contributed by atoms with Crippen molar-refractivity contribution in [2.24, 2.45) is 0 Å². The number of fused-ring (bicyclic) bond motifs is 1. The smallest absolute Gasteiger partial charge is 0.193 e. The Balaban J connectivity index is 1.93. The highest BCUT2D eigenvalue weighted by molar-refractivity contribution is 6.29. The predicted octanol–water partition coefficient (Wildman–Crippen LogP) is 5.61. The molecular weight excluding hydrogens is 279 g/mol. The van der Waals surface area contributed by atoms with E-state index in [9.17, 15) is 0 Å². The van der Waals surface area contributed by atoms with Crippen LogP contribution in [0.3, 0.4) is 0 Å². The van der Waals surface area contributed by atoms with Gasteiger partial charge in [0.25, 0.3) is 0 Å². The van der Waals surface area contributed by atoms with Gasteiger partial charge in [-0.2, -0.15) is 0 Å². The van der Waals surface area contributed by atoms with Crippen LogP contribution < -0.4 is 0 Å². The Bertz CT molecular complexity index is 697. The number of rotatable bonds is 3. The van der Waals surface area contributed by atoms with Crippen LogP contribution >= 0.6 is 23.2 Å². The first-order valence-electron chi connectivity index (χ1n) is 6.10. The first-order chi connectivity index (χ1) is 9.24. The molecule has 3 heteroatoms. The van der Waals surface area contributed by atoms with E-state index < -0.39 is 0 Å². The van der Waals surface area contributed by atoms with Crippen molar-refractivity contribution in [3.63, 3.8) is 0 Å². The fourth-order valence-electron chi connectivity index (χ4n) is 2.26. The minimum atomic E-state index is -0.210. The van der Waals surface area contributed by atoms with Crippen LogP contribution in [0.2, 0.25) is 5.22 Å². The Kier molecular flexibility index (Phi) is 3.50. The summed E-state index contributed by atoms with van der Waals surface area (Å²) in [5.74, 6) is 0.708. The summed E-state index contributed by atoms with van der Waals surface area (Å²) in [5, 5.41) is 2.62. The molecule has 1 atom stereocenters. The molecule has 0 bridgehead atoms. The van der Waals surface area contributed by atoms with Gasteiger partial charge in [0.2, 0.25) is 0 Å². The molecule has 0 saturated heterocycles. The number of alkyl halides is 1. The molecule has 96 valence electrons. The summed E-state index contributed by atoms with van der Waals surface area (Å²) in [5.41, 5.74) is 1.21. The maximum atomic E-state index is 6.40. The van der Waals surface area contributed by atoms with E-state index in [1.54, 1.807) is 6.07 Å². The summed E-state index contributed by atoms with van der Waals surface area (Å²) in [7, 11) is 0. The number of hydrogen-bond donors (Lipinski definition) is 0. The summed E-state index contributed by atoms with van der Waals surface area (Å²) in [6, 6.07) is 18.1. The fraction of sp³-hybridized carbons (Fsp3) is 0.125. The molecule has 0 radical (unpaired) electrons. The van der Waals surface area contributed by atoms with Gasteiger partial charge in [-0.1, -0.05) is 42.5 Å². The molecule has 0 fully saturated rings. The molecule has 0 amide bonds. The van der Waals surface area contributed by atoms with Crippen molar-refractivity contribution in [2.75, 3.05) is 0 Å². The van der Waals surface area contributed by atoms with Crippen molar-refractivity contribution in [3.05, 3.63) is 71.1 Å². The minimum absolute atomic E-state index is 0.210. The lowest BCUT2D eigenvalue weighted by atomic mass is 10.0. The molecule has 3 rings (SSSR count). The third-order valence-corrected chi connectivity index (χ3v) is 3.75. The first kappa shape index (κ1) is 12.6. The van der Waals surface area contributed by atoms with Crippen LogP contribution in [-0.2, 0) is 6.42 Å². The van der Waals surface area contributed by atoms with E-state index in [0.717, 1.165) is 0 Å². The fourth-order valence-corrected chi connectivity index (χ4v) is 2.70. The van der Waals surface area contributed by atoms with Gasteiger partial charge in [0.15, 0.2) is 5.22 Å². The zero-order valence-electron chi connectivity index (χ0n) is 10.1. The van der Waals surface area contributed by atoms with Gasteiger partial charge in [-0.3, -0.25) is 0 Å². The Morgan fingerprint density at radius 1 is 0.947 bits per heavy atom. The van der Waals surface area contributed by atoms with E-state index in [1.807, 2.05) is 18.2 Å². The second-order valence-electron chi connectivity index (χ2n) is 4.45.